The van der Waals surface area contributed by atoms with E-state index in [2.05, 4.69) is 4.98 Å². The van der Waals surface area contributed by atoms with E-state index in [1.165, 1.54) is 11.8 Å². The van der Waals surface area contributed by atoms with E-state index in [-0.39, 0.29) is 12.4 Å². The maximum atomic E-state index is 11.1. The number of nitrogens with zero attached hydrogens (tertiary/aromatic N) is 2. The first-order valence-electron chi connectivity index (χ1n) is 4.45. The number of aliphatic hydroxyl groups is 1. The molecule has 0 amide bonds. The quantitative estimate of drug-likeness (QED) is 0.742. The fourth-order valence-corrected chi connectivity index (χ4v) is 1.89. The molecule has 0 radical (unpaired) electrons. The second-order valence-corrected chi connectivity index (χ2v) is 3.87. The molecule has 5 heteroatoms. The molecule has 1 aromatic heterocycles. The second-order valence-electron chi connectivity index (χ2n) is 2.93. The van der Waals surface area contributed by atoms with Crippen molar-refractivity contribution in [2.24, 2.45) is 7.05 Å². The number of carbonyl (C=O) groups is 1. The lowest BCUT2D eigenvalue weighted by molar-refractivity contribution is -0.116. The molecular formula is C9H14N2O2S. The summed E-state index contributed by atoms with van der Waals surface area (Å²) in [6.07, 6.45) is 2.18. The van der Waals surface area contributed by atoms with Crippen LogP contribution in [0.5, 0.6) is 0 Å². The van der Waals surface area contributed by atoms with Gasteiger partial charge in [-0.1, -0.05) is 18.7 Å². The van der Waals surface area contributed by atoms with Gasteiger partial charge in [0.05, 0.1) is 24.3 Å². The number of hydrogen-bond acceptors (Lipinski definition) is 4. The Balaban J connectivity index is 2.59. The Morgan fingerprint density at radius 2 is 2.43 bits per heavy atom. The van der Waals surface area contributed by atoms with Crippen LogP contribution in [0.25, 0.3) is 0 Å². The minimum absolute atomic E-state index is 0.0220. The molecule has 0 aromatic carbocycles. The molecule has 0 unspecified atom stereocenters. The van der Waals surface area contributed by atoms with Gasteiger partial charge in [-0.15, -0.1) is 0 Å². The van der Waals surface area contributed by atoms with Crippen molar-refractivity contribution in [3.05, 3.63) is 11.9 Å². The summed E-state index contributed by atoms with van der Waals surface area (Å²) in [5.74, 6) is 0.662. The third-order valence-corrected chi connectivity index (χ3v) is 3.06. The maximum Gasteiger partial charge on any atom is 0.168 e. The number of aliphatic hydroxyl groups excluding tert-OH is 1. The van der Waals surface area contributed by atoms with Gasteiger partial charge in [0, 0.05) is 13.5 Å². The van der Waals surface area contributed by atoms with Gasteiger partial charge in [0.25, 0.3) is 0 Å². The fraction of sp³-hybridized carbons (Fsp3) is 0.556. The van der Waals surface area contributed by atoms with Crippen LogP contribution in [0, 0.1) is 0 Å². The van der Waals surface area contributed by atoms with Crippen molar-refractivity contribution in [1.29, 1.82) is 0 Å². The van der Waals surface area contributed by atoms with Crippen molar-refractivity contribution in [1.82, 2.24) is 9.55 Å². The molecule has 1 heterocycles. The van der Waals surface area contributed by atoms with E-state index in [1.54, 1.807) is 10.8 Å². The normalized spacial score (nSPS) is 10.5. The van der Waals surface area contributed by atoms with Gasteiger partial charge >= 0.3 is 0 Å². The number of rotatable bonds is 5. The van der Waals surface area contributed by atoms with Crippen LogP contribution in [0.2, 0.25) is 0 Å². The SMILES string of the molecule is CCC(=O)CSc1ncc(CO)n1C. The average Bonchev–Trinajstić information content (AvgIpc) is 2.56. The third-order valence-electron chi connectivity index (χ3n) is 1.96. The van der Waals surface area contributed by atoms with Crippen LogP contribution in [0.3, 0.4) is 0 Å². The molecule has 4 nitrogen and oxygen atoms in total. The summed E-state index contributed by atoms with van der Waals surface area (Å²) in [7, 11) is 1.83. The minimum Gasteiger partial charge on any atom is -0.390 e. The Bertz CT molecular complexity index is 323. The molecular weight excluding hydrogens is 200 g/mol. The molecule has 0 saturated carbocycles. The van der Waals surface area contributed by atoms with Gasteiger partial charge in [-0.05, 0) is 0 Å². The predicted molar refractivity (Wildman–Crippen MR) is 55.2 cm³/mol. The molecule has 0 aliphatic heterocycles. The zero-order valence-corrected chi connectivity index (χ0v) is 9.17. The molecule has 0 spiro atoms. The van der Waals surface area contributed by atoms with E-state index in [1.807, 2.05) is 14.0 Å². The molecule has 0 bridgehead atoms. The minimum atomic E-state index is -0.0220. The largest absolute Gasteiger partial charge is 0.390 e. The summed E-state index contributed by atoms with van der Waals surface area (Å²) in [5, 5.41) is 9.69. The van der Waals surface area contributed by atoms with E-state index < -0.39 is 0 Å². The molecule has 1 N–H and O–H groups in total. The van der Waals surface area contributed by atoms with Crippen molar-refractivity contribution in [2.45, 2.75) is 25.1 Å². The van der Waals surface area contributed by atoms with Crippen LogP contribution >= 0.6 is 11.8 Å². The van der Waals surface area contributed by atoms with Gasteiger partial charge in [0.2, 0.25) is 0 Å². The maximum absolute atomic E-state index is 11.1. The van der Waals surface area contributed by atoms with Gasteiger partial charge in [-0.25, -0.2) is 4.98 Å². The average molecular weight is 214 g/mol. The van der Waals surface area contributed by atoms with E-state index in [0.717, 1.165) is 10.9 Å². The van der Waals surface area contributed by atoms with Gasteiger partial charge in [-0.2, -0.15) is 0 Å². The number of Topliss-reactive ketones (excluding diaryl/α,β-unsaturated/α-hetero) is 1. The Kier molecular flexibility index (Phi) is 4.16. The molecule has 0 saturated heterocycles. The molecule has 0 aliphatic carbocycles. The number of ketones is 1. The van der Waals surface area contributed by atoms with E-state index in [4.69, 9.17) is 5.11 Å². The monoisotopic (exact) mass is 214 g/mol. The molecule has 0 fully saturated rings. The number of hydrogen-bond donors (Lipinski definition) is 1. The van der Waals surface area contributed by atoms with Crippen LogP contribution in [0.4, 0.5) is 0 Å². The lowest BCUT2D eigenvalue weighted by Crippen LogP contribution is -2.02. The summed E-state index contributed by atoms with van der Waals surface area (Å²) in [5.41, 5.74) is 0.761. The van der Waals surface area contributed by atoms with E-state index in [0.29, 0.717) is 12.2 Å². The zero-order valence-electron chi connectivity index (χ0n) is 8.36. The zero-order chi connectivity index (χ0) is 10.6. The summed E-state index contributed by atoms with van der Waals surface area (Å²) >= 11 is 1.41. The molecule has 1 aromatic rings. The molecule has 14 heavy (non-hydrogen) atoms. The Labute approximate surface area is 87.3 Å². The standard InChI is InChI=1S/C9H14N2O2S/c1-3-8(13)6-14-9-10-4-7(5-12)11(9)2/h4,12H,3,5-6H2,1-2H3. The van der Waals surface area contributed by atoms with Crippen molar-refractivity contribution in [2.75, 3.05) is 5.75 Å². The summed E-state index contributed by atoms with van der Waals surface area (Å²) in [6, 6.07) is 0. The highest BCUT2D eigenvalue weighted by molar-refractivity contribution is 7.99. The van der Waals surface area contributed by atoms with E-state index in [9.17, 15) is 4.79 Å². The first kappa shape index (κ1) is 11.3. The molecule has 0 atom stereocenters. The highest BCUT2D eigenvalue weighted by Gasteiger charge is 2.07. The Hall–Kier alpha value is -0.810. The summed E-state index contributed by atoms with van der Waals surface area (Å²) in [6.45, 7) is 1.83. The van der Waals surface area contributed by atoms with Crippen LogP contribution < -0.4 is 0 Å². The smallest absolute Gasteiger partial charge is 0.168 e. The topological polar surface area (TPSA) is 55.1 Å². The number of carbonyl (C=O) groups excluding carboxylic acids is 1. The third kappa shape index (κ3) is 2.59. The van der Waals surface area contributed by atoms with Crippen LogP contribution in [-0.2, 0) is 18.4 Å². The Morgan fingerprint density at radius 3 is 2.93 bits per heavy atom. The molecule has 78 valence electrons. The van der Waals surface area contributed by atoms with Crippen LogP contribution in [0.15, 0.2) is 11.4 Å². The lowest BCUT2D eigenvalue weighted by Gasteiger charge is -2.02. The van der Waals surface area contributed by atoms with Crippen LogP contribution in [0.1, 0.15) is 19.0 Å². The van der Waals surface area contributed by atoms with Crippen molar-refractivity contribution >= 4 is 17.5 Å². The van der Waals surface area contributed by atoms with Gasteiger partial charge in [0.1, 0.15) is 5.78 Å². The highest BCUT2D eigenvalue weighted by atomic mass is 32.2. The van der Waals surface area contributed by atoms with Crippen molar-refractivity contribution in [3.8, 4) is 0 Å². The number of imidazole rings is 1. The molecule has 0 aliphatic rings. The predicted octanol–water partition coefficient (Wildman–Crippen LogP) is 0.984. The fourth-order valence-electron chi connectivity index (χ4n) is 0.954. The lowest BCUT2D eigenvalue weighted by atomic mass is 10.4. The van der Waals surface area contributed by atoms with Crippen LogP contribution in [-0.4, -0.2) is 26.2 Å². The summed E-state index contributed by atoms with van der Waals surface area (Å²) in [4.78, 5) is 15.2. The second kappa shape index (κ2) is 5.17. The summed E-state index contributed by atoms with van der Waals surface area (Å²) < 4.78 is 1.80. The number of aromatic nitrogens is 2. The first-order valence-corrected chi connectivity index (χ1v) is 5.43. The Morgan fingerprint density at radius 1 is 1.71 bits per heavy atom. The van der Waals surface area contributed by atoms with Gasteiger partial charge in [0.15, 0.2) is 5.16 Å². The number of thioether (sulfide) groups is 1. The van der Waals surface area contributed by atoms with E-state index >= 15 is 0 Å². The highest BCUT2D eigenvalue weighted by Crippen LogP contribution is 2.17. The van der Waals surface area contributed by atoms with Crippen molar-refractivity contribution < 1.29 is 9.90 Å². The molecule has 1 rings (SSSR count). The first-order chi connectivity index (χ1) is 6.69. The van der Waals surface area contributed by atoms with Gasteiger partial charge < -0.3 is 9.67 Å². The van der Waals surface area contributed by atoms with Crippen molar-refractivity contribution in [3.63, 3.8) is 0 Å². The van der Waals surface area contributed by atoms with Gasteiger partial charge in [-0.3, -0.25) is 4.79 Å².